The van der Waals surface area contributed by atoms with Gasteiger partial charge in [-0.3, -0.25) is 9.10 Å². The Morgan fingerprint density at radius 2 is 2.25 bits per heavy atom. The molecule has 1 saturated heterocycles. The summed E-state index contributed by atoms with van der Waals surface area (Å²) in [6, 6.07) is 6.75. The second-order valence-corrected chi connectivity index (χ2v) is 7.63. The summed E-state index contributed by atoms with van der Waals surface area (Å²) in [7, 11) is -1.98. The second kappa shape index (κ2) is 8.34. The molecule has 1 heterocycles. The number of sulfonamides is 1. The van der Waals surface area contributed by atoms with E-state index < -0.39 is 10.0 Å². The standard InChI is InChI=1S/C16H24N2O5S/c1-22-14-6-3-5-13(11-14)18(24(2,20)21)9-8-16(19)17-12-15-7-4-10-23-15/h3,5-6,11,15H,4,7-10,12H2,1-2H3,(H,17,19). The molecule has 1 atom stereocenters. The molecule has 1 aromatic carbocycles. The zero-order valence-electron chi connectivity index (χ0n) is 14.0. The Morgan fingerprint density at radius 1 is 1.46 bits per heavy atom. The zero-order valence-corrected chi connectivity index (χ0v) is 14.8. The summed E-state index contributed by atoms with van der Waals surface area (Å²) in [4.78, 5) is 12.0. The zero-order chi connectivity index (χ0) is 17.6. The molecule has 0 bridgehead atoms. The summed E-state index contributed by atoms with van der Waals surface area (Å²) in [5, 5.41) is 2.80. The van der Waals surface area contributed by atoms with E-state index in [-0.39, 0.29) is 25.0 Å². The number of nitrogens with one attached hydrogen (secondary N) is 1. The number of hydrogen-bond donors (Lipinski definition) is 1. The Kier molecular flexibility index (Phi) is 6.44. The maximum Gasteiger partial charge on any atom is 0.232 e. The molecule has 2 rings (SSSR count). The Morgan fingerprint density at radius 3 is 2.88 bits per heavy atom. The van der Waals surface area contributed by atoms with Crippen molar-refractivity contribution in [1.29, 1.82) is 0 Å². The van der Waals surface area contributed by atoms with Gasteiger partial charge in [0.2, 0.25) is 15.9 Å². The third-order valence-corrected chi connectivity index (χ3v) is 5.03. The van der Waals surface area contributed by atoms with Crippen molar-refractivity contribution in [2.75, 3.05) is 37.4 Å². The first-order valence-corrected chi connectivity index (χ1v) is 9.75. The molecular formula is C16H24N2O5S. The third kappa shape index (κ3) is 5.38. The summed E-state index contributed by atoms with van der Waals surface area (Å²) < 4.78 is 35.9. The summed E-state index contributed by atoms with van der Waals surface area (Å²) >= 11 is 0. The van der Waals surface area contributed by atoms with Crippen LogP contribution >= 0.6 is 0 Å². The molecule has 24 heavy (non-hydrogen) atoms. The lowest BCUT2D eigenvalue weighted by Gasteiger charge is -2.22. The van der Waals surface area contributed by atoms with E-state index >= 15 is 0 Å². The lowest BCUT2D eigenvalue weighted by molar-refractivity contribution is -0.121. The van der Waals surface area contributed by atoms with Crippen molar-refractivity contribution in [2.45, 2.75) is 25.4 Å². The Bertz CT molecular complexity index is 656. The first-order chi connectivity index (χ1) is 11.4. The number of nitrogens with zero attached hydrogens (tertiary/aromatic N) is 1. The predicted molar refractivity (Wildman–Crippen MR) is 91.8 cm³/mol. The normalized spacial score (nSPS) is 17.5. The van der Waals surface area contributed by atoms with Gasteiger partial charge in [0.25, 0.3) is 0 Å². The molecule has 1 unspecified atom stereocenters. The highest BCUT2D eigenvalue weighted by molar-refractivity contribution is 7.92. The van der Waals surface area contributed by atoms with Gasteiger partial charge in [0.1, 0.15) is 5.75 Å². The van der Waals surface area contributed by atoms with Crippen LogP contribution in [0.4, 0.5) is 5.69 Å². The van der Waals surface area contributed by atoms with E-state index in [1.807, 2.05) is 0 Å². The minimum absolute atomic E-state index is 0.0679. The summed E-state index contributed by atoms with van der Waals surface area (Å²) in [6.07, 6.45) is 3.23. The van der Waals surface area contributed by atoms with Gasteiger partial charge >= 0.3 is 0 Å². The van der Waals surface area contributed by atoms with Crippen LogP contribution in [0.25, 0.3) is 0 Å². The summed E-state index contributed by atoms with van der Waals surface area (Å²) in [5.74, 6) is 0.367. The minimum Gasteiger partial charge on any atom is -0.497 e. The molecule has 0 radical (unpaired) electrons. The van der Waals surface area contributed by atoms with Gasteiger partial charge in [-0.25, -0.2) is 8.42 Å². The van der Waals surface area contributed by atoms with Gasteiger partial charge < -0.3 is 14.8 Å². The Balaban J connectivity index is 1.95. The van der Waals surface area contributed by atoms with E-state index in [9.17, 15) is 13.2 Å². The maximum absolute atomic E-state index is 12.0. The van der Waals surface area contributed by atoms with Gasteiger partial charge in [0, 0.05) is 32.2 Å². The number of hydrogen-bond acceptors (Lipinski definition) is 5. The fourth-order valence-electron chi connectivity index (χ4n) is 2.58. The molecule has 1 aromatic rings. The average molecular weight is 356 g/mol. The van der Waals surface area contributed by atoms with Crippen molar-refractivity contribution in [3.05, 3.63) is 24.3 Å². The van der Waals surface area contributed by atoms with Crippen molar-refractivity contribution in [1.82, 2.24) is 5.32 Å². The summed E-state index contributed by atoms with van der Waals surface area (Å²) in [6.45, 7) is 1.28. The van der Waals surface area contributed by atoms with Crippen LogP contribution < -0.4 is 14.4 Å². The maximum atomic E-state index is 12.0. The quantitative estimate of drug-likeness (QED) is 0.755. The number of carbonyl (C=O) groups is 1. The van der Waals surface area contributed by atoms with Crippen LogP contribution in [0.5, 0.6) is 5.75 Å². The van der Waals surface area contributed by atoms with Crippen LogP contribution in [0.15, 0.2) is 24.3 Å². The van der Waals surface area contributed by atoms with Crippen LogP contribution in [0, 0.1) is 0 Å². The van der Waals surface area contributed by atoms with E-state index in [1.54, 1.807) is 24.3 Å². The molecule has 7 nitrogen and oxygen atoms in total. The predicted octanol–water partition coefficient (Wildman–Crippen LogP) is 1.15. The lowest BCUT2D eigenvalue weighted by Crippen LogP contribution is -2.36. The molecular weight excluding hydrogens is 332 g/mol. The van der Waals surface area contributed by atoms with E-state index in [4.69, 9.17) is 9.47 Å². The van der Waals surface area contributed by atoms with E-state index in [0.29, 0.717) is 18.0 Å². The lowest BCUT2D eigenvalue weighted by atomic mass is 10.2. The molecule has 1 aliphatic heterocycles. The number of benzene rings is 1. The fraction of sp³-hybridized carbons (Fsp3) is 0.562. The fourth-order valence-corrected chi connectivity index (χ4v) is 3.50. The largest absolute Gasteiger partial charge is 0.497 e. The van der Waals surface area contributed by atoms with Crippen LogP contribution in [0.2, 0.25) is 0 Å². The molecule has 0 saturated carbocycles. The number of carbonyl (C=O) groups excluding carboxylic acids is 1. The molecule has 1 aliphatic rings. The number of methoxy groups -OCH3 is 1. The number of amides is 1. The van der Waals surface area contributed by atoms with E-state index in [1.165, 1.54) is 11.4 Å². The van der Waals surface area contributed by atoms with E-state index in [2.05, 4.69) is 5.32 Å². The molecule has 1 fully saturated rings. The molecule has 1 N–H and O–H groups in total. The van der Waals surface area contributed by atoms with Crippen molar-refractivity contribution in [3.63, 3.8) is 0 Å². The highest BCUT2D eigenvalue weighted by Gasteiger charge is 2.20. The van der Waals surface area contributed by atoms with Crippen LogP contribution in [-0.2, 0) is 19.6 Å². The molecule has 0 aromatic heterocycles. The first-order valence-electron chi connectivity index (χ1n) is 7.90. The van der Waals surface area contributed by atoms with Gasteiger partial charge in [-0.2, -0.15) is 0 Å². The van der Waals surface area contributed by atoms with E-state index in [0.717, 1.165) is 25.7 Å². The molecule has 0 spiro atoms. The van der Waals surface area contributed by atoms with Crippen molar-refractivity contribution in [2.24, 2.45) is 0 Å². The van der Waals surface area contributed by atoms with Crippen LogP contribution in [-0.4, -0.2) is 53.5 Å². The molecule has 134 valence electrons. The van der Waals surface area contributed by atoms with Crippen molar-refractivity contribution >= 4 is 21.6 Å². The van der Waals surface area contributed by atoms with Crippen LogP contribution in [0.3, 0.4) is 0 Å². The van der Waals surface area contributed by atoms with Gasteiger partial charge in [-0.05, 0) is 25.0 Å². The number of rotatable bonds is 8. The highest BCUT2D eigenvalue weighted by Crippen LogP contribution is 2.23. The van der Waals surface area contributed by atoms with Crippen LogP contribution in [0.1, 0.15) is 19.3 Å². The summed E-state index contributed by atoms with van der Waals surface area (Å²) in [5.41, 5.74) is 0.476. The van der Waals surface area contributed by atoms with Crippen molar-refractivity contribution < 1.29 is 22.7 Å². The average Bonchev–Trinajstić information content (AvgIpc) is 3.05. The SMILES string of the molecule is COc1cccc(N(CCC(=O)NCC2CCCO2)S(C)(=O)=O)c1. The smallest absolute Gasteiger partial charge is 0.232 e. The first kappa shape index (κ1) is 18.5. The minimum atomic E-state index is -3.50. The van der Waals surface area contributed by atoms with Gasteiger partial charge in [-0.1, -0.05) is 6.07 Å². The topological polar surface area (TPSA) is 84.9 Å². The number of anilines is 1. The second-order valence-electron chi connectivity index (χ2n) is 5.73. The van der Waals surface area contributed by atoms with Gasteiger partial charge in [0.15, 0.2) is 0 Å². The van der Waals surface area contributed by atoms with Gasteiger partial charge in [-0.15, -0.1) is 0 Å². The Labute approximate surface area is 143 Å². The third-order valence-electron chi connectivity index (χ3n) is 3.83. The monoisotopic (exact) mass is 356 g/mol. The van der Waals surface area contributed by atoms with Crippen molar-refractivity contribution in [3.8, 4) is 5.75 Å². The highest BCUT2D eigenvalue weighted by atomic mass is 32.2. The molecule has 8 heteroatoms. The van der Waals surface area contributed by atoms with Gasteiger partial charge in [0.05, 0.1) is 25.2 Å². The number of ether oxygens (including phenoxy) is 2. The molecule has 0 aliphatic carbocycles. The Hall–Kier alpha value is -1.80. The molecule has 1 amide bonds.